The van der Waals surface area contributed by atoms with Gasteiger partial charge in [-0.2, -0.15) is 0 Å². The fraction of sp³-hybridized carbons (Fsp3) is 0.125. The lowest BCUT2D eigenvalue weighted by Crippen LogP contribution is -2.25. The van der Waals surface area contributed by atoms with E-state index in [2.05, 4.69) is 9.88 Å². The number of nitrogens with zero attached hydrogens (tertiary/aromatic N) is 1. The van der Waals surface area contributed by atoms with Gasteiger partial charge in [0.05, 0.1) is 10.6 Å². The SMILES string of the molecule is O=C(NCCc1ccc(Cl)c(F)c1)c1cn(Cc2ccc(Cl)cc2)c2ccccc12. The highest BCUT2D eigenvalue weighted by molar-refractivity contribution is 6.30. The summed E-state index contributed by atoms with van der Waals surface area (Å²) in [4.78, 5) is 12.8. The lowest BCUT2D eigenvalue weighted by atomic mass is 10.1. The van der Waals surface area contributed by atoms with E-state index in [9.17, 15) is 9.18 Å². The predicted molar refractivity (Wildman–Crippen MR) is 120 cm³/mol. The molecule has 0 fully saturated rings. The van der Waals surface area contributed by atoms with Crippen molar-refractivity contribution in [3.8, 4) is 0 Å². The number of carbonyl (C=O) groups is 1. The molecule has 4 rings (SSSR count). The summed E-state index contributed by atoms with van der Waals surface area (Å²) < 4.78 is 15.6. The standard InChI is InChI=1S/C24H19Cl2FN2O/c25-18-8-5-17(6-9-18)14-29-15-20(19-3-1-2-4-23(19)29)24(30)28-12-11-16-7-10-21(26)22(27)13-16/h1-10,13,15H,11-12,14H2,(H,28,30). The van der Waals surface area contributed by atoms with Crippen molar-refractivity contribution in [2.75, 3.05) is 6.54 Å². The third kappa shape index (κ3) is 4.50. The molecule has 0 atom stereocenters. The van der Waals surface area contributed by atoms with E-state index in [1.165, 1.54) is 12.1 Å². The maximum Gasteiger partial charge on any atom is 0.253 e. The lowest BCUT2D eigenvalue weighted by Gasteiger charge is -2.06. The molecule has 0 aliphatic carbocycles. The van der Waals surface area contributed by atoms with Crippen molar-refractivity contribution in [3.05, 3.63) is 105 Å². The highest BCUT2D eigenvalue weighted by Gasteiger charge is 2.15. The first-order valence-electron chi connectivity index (χ1n) is 9.56. The molecule has 0 bridgehead atoms. The molecule has 4 aromatic rings. The van der Waals surface area contributed by atoms with Gasteiger partial charge in [-0.05, 0) is 47.9 Å². The molecule has 0 aliphatic rings. The highest BCUT2D eigenvalue weighted by Crippen LogP contribution is 2.23. The molecule has 1 amide bonds. The van der Waals surface area contributed by atoms with Gasteiger partial charge >= 0.3 is 0 Å². The summed E-state index contributed by atoms with van der Waals surface area (Å²) in [5, 5.41) is 4.61. The number of aromatic nitrogens is 1. The first-order valence-corrected chi connectivity index (χ1v) is 10.3. The van der Waals surface area contributed by atoms with Gasteiger partial charge in [0.15, 0.2) is 0 Å². The Kier molecular flexibility index (Phi) is 6.07. The topological polar surface area (TPSA) is 34.0 Å². The number of halogens is 3. The molecular weight excluding hydrogens is 422 g/mol. The van der Waals surface area contributed by atoms with E-state index < -0.39 is 5.82 Å². The van der Waals surface area contributed by atoms with Crippen molar-refractivity contribution in [2.24, 2.45) is 0 Å². The van der Waals surface area contributed by atoms with Crippen LogP contribution in [0.3, 0.4) is 0 Å². The minimum Gasteiger partial charge on any atom is -0.352 e. The second-order valence-electron chi connectivity index (χ2n) is 7.07. The van der Waals surface area contributed by atoms with E-state index in [-0.39, 0.29) is 10.9 Å². The molecular formula is C24H19Cl2FN2O. The van der Waals surface area contributed by atoms with Crippen molar-refractivity contribution < 1.29 is 9.18 Å². The van der Waals surface area contributed by atoms with Crippen LogP contribution >= 0.6 is 23.2 Å². The molecule has 1 N–H and O–H groups in total. The van der Waals surface area contributed by atoms with Gasteiger partial charge in [-0.1, -0.05) is 59.6 Å². The Hall–Kier alpha value is -2.82. The van der Waals surface area contributed by atoms with Crippen molar-refractivity contribution in [2.45, 2.75) is 13.0 Å². The Balaban J connectivity index is 1.50. The van der Waals surface area contributed by atoms with Gasteiger partial charge < -0.3 is 9.88 Å². The van der Waals surface area contributed by atoms with Crippen molar-refractivity contribution in [1.29, 1.82) is 0 Å². The maximum atomic E-state index is 13.6. The van der Waals surface area contributed by atoms with Crippen LogP contribution in [0.2, 0.25) is 10.0 Å². The molecule has 1 heterocycles. The van der Waals surface area contributed by atoms with Crippen LogP contribution in [0.4, 0.5) is 4.39 Å². The van der Waals surface area contributed by atoms with E-state index in [1.807, 2.05) is 54.7 Å². The van der Waals surface area contributed by atoms with Crippen LogP contribution < -0.4 is 5.32 Å². The second-order valence-corrected chi connectivity index (χ2v) is 7.91. The Morgan fingerprint density at radius 2 is 1.70 bits per heavy atom. The normalized spacial score (nSPS) is 11.0. The monoisotopic (exact) mass is 440 g/mol. The Morgan fingerprint density at radius 1 is 0.967 bits per heavy atom. The first kappa shape index (κ1) is 20.5. The fourth-order valence-corrected chi connectivity index (χ4v) is 3.70. The van der Waals surface area contributed by atoms with Gasteiger partial charge in [0.2, 0.25) is 0 Å². The molecule has 0 spiro atoms. The van der Waals surface area contributed by atoms with Gasteiger partial charge in [0.25, 0.3) is 5.91 Å². The Labute approximate surface area is 184 Å². The number of hydrogen-bond donors (Lipinski definition) is 1. The first-order chi connectivity index (χ1) is 14.5. The number of amides is 1. The van der Waals surface area contributed by atoms with Crippen LogP contribution in [0.25, 0.3) is 10.9 Å². The summed E-state index contributed by atoms with van der Waals surface area (Å²) in [5.41, 5.74) is 3.47. The van der Waals surface area contributed by atoms with Crippen LogP contribution in [0.1, 0.15) is 21.5 Å². The van der Waals surface area contributed by atoms with Gasteiger partial charge in [-0.15, -0.1) is 0 Å². The highest BCUT2D eigenvalue weighted by atomic mass is 35.5. The van der Waals surface area contributed by atoms with Crippen molar-refractivity contribution in [3.63, 3.8) is 0 Å². The maximum absolute atomic E-state index is 13.6. The molecule has 6 heteroatoms. The molecule has 0 saturated heterocycles. The zero-order chi connectivity index (χ0) is 21.1. The number of rotatable bonds is 6. The van der Waals surface area contributed by atoms with Crippen LogP contribution in [0.5, 0.6) is 0 Å². The predicted octanol–water partition coefficient (Wildman–Crippen LogP) is 6.11. The van der Waals surface area contributed by atoms with Crippen LogP contribution in [0.15, 0.2) is 72.9 Å². The van der Waals surface area contributed by atoms with Gasteiger partial charge in [-0.25, -0.2) is 4.39 Å². The lowest BCUT2D eigenvalue weighted by molar-refractivity contribution is 0.0955. The van der Waals surface area contributed by atoms with Crippen molar-refractivity contribution >= 4 is 40.0 Å². The number of para-hydroxylation sites is 1. The quantitative estimate of drug-likeness (QED) is 0.385. The van der Waals surface area contributed by atoms with E-state index in [4.69, 9.17) is 23.2 Å². The summed E-state index contributed by atoms with van der Waals surface area (Å²) in [7, 11) is 0. The number of benzene rings is 3. The Morgan fingerprint density at radius 3 is 2.47 bits per heavy atom. The third-order valence-corrected chi connectivity index (χ3v) is 5.54. The van der Waals surface area contributed by atoms with Crippen LogP contribution in [-0.4, -0.2) is 17.0 Å². The number of carbonyl (C=O) groups excluding carboxylic acids is 1. The molecule has 152 valence electrons. The molecule has 0 aliphatic heterocycles. The zero-order valence-electron chi connectivity index (χ0n) is 16.0. The van der Waals surface area contributed by atoms with Crippen molar-refractivity contribution in [1.82, 2.24) is 9.88 Å². The van der Waals surface area contributed by atoms with Gasteiger partial charge in [0.1, 0.15) is 5.82 Å². The molecule has 0 radical (unpaired) electrons. The summed E-state index contributed by atoms with van der Waals surface area (Å²) >= 11 is 11.7. The fourth-order valence-electron chi connectivity index (χ4n) is 3.46. The van der Waals surface area contributed by atoms with Gasteiger partial charge in [0, 0.05) is 35.2 Å². The van der Waals surface area contributed by atoms with E-state index >= 15 is 0 Å². The third-order valence-electron chi connectivity index (χ3n) is 4.98. The second kappa shape index (κ2) is 8.90. The average molecular weight is 441 g/mol. The van der Waals surface area contributed by atoms with Crippen LogP contribution in [-0.2, 0) is 13.0 Å². The molecule has 0 unspecified atom stereocenters. The number of hydrogen-bond acceptors (Lipinski definition) is 1. The minimum atomic E-state index is -0.453. The number of fused-ring (bicyclic) bond motifs is 1. The van der Waals surface area contributed by atoms with E-state index in [1.54, 1.807) is 6.07 Å². The summed E-state index contributed by atoms with van der Waals surface area (Å²) in [6.45, 7) is 1.03. The van der Waals surface area contributed by atoms with E-state index in [0.29, 0.717) is 30.1 Å². The molecule has 3 aromatic carbocycles. The molecule has 3 nitrogen and oxygen atoms in total. The average Bonchev–Trinajstić information content (AvgIpc) is 3.11. The summed E-state index contributed by atoms with van der Waals surface area (Å²) in [6.07, 6.45) is 2.39. The molecule has 1 aromatic heterocycles. The minimum absolute atomic E-state index is 0.0938. The van der Waals surface area contributed by atoms with E-state index in [0.717, 1.165) is 22.0 Å². The van der Waals surface area contributed by atoms with Gasteiger partial charge in [-0.3, -0.25) is 4.79 Å². The largest absolute Gasteiger partial charge is 0.352 e. The molecule has 30 heavy (non-hydrogen) atoms. The zero-order valence-corrected chi connectivity index (χ0v) is 17.6. The molecule has 0 saturated carbocycles. The smallest absolute Gasteiger partial charge is 0.253 e. The Bertz CT molecular complexity index is 1200. The summed E-state index contributed by atoms with van der Waals surface area (Å²) in [6, 6.07) is 20.2. The number of nitrogens with one attached hydrogen (secondary N) is 1. The summed E-state index contributed by atoms with van der Waals surface area (Å²) in [5.74, 6) is -0.610. The van der Waals surface area contributed by atoms with Crippen LogP contribution in [0, 0.1) is 5.82 Å².